The second kappa shape index (κ2) is 19.9. The van der Waals surface area contributed by atoms with Crippen LogP contribution >= 0.6 is 0 Å². The third-order valence-electron chi connectivity index (χ3n) is 4.10. The summed E-state index contributed by atoms with van der Waals surface area (Å²) in [6.07, 6.45) is 0. The molecule has 40 heavy (non-hydrogen) atoms. The van der Waals surface area contributed by atoms with E-state index in [1.807, 2.05) is 0 Å². The Kier molecular flexibility index (Phi) is 18.5. The van der Waals surface area contributed by atoms with E-state index in [9.17, 15) is 59.4 Å². The van der Waals surface area contributed by atoms with Crippen LogP contribution in [0.5, 0.6) is 0 Å². The molecule has 0 bridgehead atoms. The molecule has 0 heterocycles. The minimum Gasteiger partial charge on any atom is -0.545 e. The third-order valence-corrected chi connectivity index (χ3v) is 4.10. The van der Waals surface area contributed by atoms with Crippen LogP contribution in [-0.4, -0.2) is 56.3 Å². The molecule has 0 N–H and O–H groups in total. The molecule has 0 fully saturated rings. The van der Waals surface area contributed by atoms with Gasteiger partial charge in [0.2, 0.25) is 0 Å². The number of hydrogen-bond donors (Lipinski definition) is 0. The fraction of sp³-hybridized carbons (Fsp3) is 0.0769. The van der Waals surface area contributed by atoms with Gasteiger partial charge in [-0.15, -0.1) is 0 Å². The van der Waals surface area contributed by atoms with Crippen LogP contribution in [0.15, 0.2) is 72.8 Å². The van der Waals surface area contributed by atoms with Gasteiger partial charge in [-0.1, -0.05) is 72.8 Å². The van der Waals surface area contributed by atoms with E-state index in [-0.39, 0.29) is 33.4 Å². The summed E-state index contributed by atoms with van der Waals surface area (Å²) in [6.45, 7) is 3.61. The number of benzene rings is 3. The number of carbonyl (C=O) groups is 6. The average molecular weight is 579 g/mol. The Labute approximate surface area is 235 Å². The van der Waals surface area contributed by atoms with E-state index in [1.54, 1.807) is 13.1 Å². The van der Waals surface area contributed by atoms with E-state index in [0.717, 1.165) is 36.4 Å². The maximum Gasteiger partial charge on any atom is 0.0721 e. The molecule has 14 heteroatoms. The first-order chi connectivity index (χ1) is 18.9. The van der Waals surface area contributed by atoms with Gasteiger partial charge in [-0.05, 0) is 0 Å². The van der Waals surface area contributed by atoms with Crippen molar-refractivity contribution in [1.29, 1.82) is 0 Å². The number of rotatable bonds is 6. The van der Waals surface area contributed by atoms with E-state index in [2.05, 4.69) is 20.5 Å². The molecule has 0 saturated carbocycles. The van der Waals surface area contributed by atoms with Gasteiger partial charge in [0.05, 0.1) is 35.8 Å². The molecule has 0 amide bonds. The Balaban J connectivity index is 0. The van der Waals surface area contributed by atoms with Gasteiger partial charge >= 0.3 is 33.6 Å². The molecule has 202 valence electrons. The van der Waals surface area contributed by atoms with Crippen molar-refractivity contribution in [3.63, 3.8) is 0 Å². The van der Waals surface area contributed by atoms with Crippen molar-refractivity contribution in [2.75, 3.05) is 0 Å². The Morgan fingerprint density at radius 2 is 0.450 bits per heavy atom. The summed E-state index contributed by atoms with van der Waals surface area (Å²) in [5.74, 6) is -9.11. The second-order valence-corrected chi connectivity index (χ2v) is 6.36. The van der Waals surface area contributed by atoms with Crippen LogP contribution in [0.1, 0.15) is 62.1 Å². The summed E-state index contributed by atoms with van der Waals surface area (Å²) < 4.78 is 0. The molecular formula is C26H18O12Si2. The van der Waals surface area contributed by atoms with Gasteiger partial charge in [0.15, 0.2) is 0 Å². The minimum atomic E-state index is -1.52. The first-order valence-corrected chi connectivity index (χ1v) is 12.4. The van der Waals surface area contributed by atoms with Crippen LogP contribution in [0.25, 0.3) is 0 Å². The maximum absolute atomic E-state index is 10.3. The van der Waals surface area contributed by atoms with Crippen molar-refractivity contribution >= 4 is 56.3 Å². The van der Waals surface area contributed by atoms with Gasteiger partial charge in [0.1, 0.15) is 0 Å². The first kappa shape index (κ1) is 37.1. The fourth-order valence-electron chi connectivity index (χ4n) is 2.52. The summed E-state index contributed by atoms with van der Waals surface area (Å²) >= 11 is 0. The third kappa shape index (κ3) is 12.4. The van der Waals surface area contributed by atoms with Crippen molar-refractivity contribution in [2.45, 2.75) is 13.1 Å². The smallest absolute Gasteiger partial charge is 0.0721 e. The van der Waals surface area contributed by atoms with Gasteiger partial charge in [0.25, 0.3) is 0 Å². The van der Waals surface area contributed by atoms with Crippen LogP contribution in [0.4, 0.5) is 0 Å². The molecule has 0 aliphatic heterocycles. The number of carbonyl (C=O) groups excluding carboxylic acids is 6. The van der Waals surface area contributed by atoms with Crippen molar-refractivity contribution in [3.8, 4) is 0 Å². The number of carboxylic acid groups (broad SMARTS) is 6. The second-order valence-electron chi connectivity index (χ2n) is 6.36. The van der Waals surface area contributed by atoms with Gasteiger partial charge in [-0.3, -0.25) is 0 Å². The molecule has 0 radical (unpaired) electrons. The zero-order valence-electron chi connectivity index (χ0n) is 20.8. The summed E-state index contributed by atoms with van der Waals surface area (Å²) in [5.41, 5.74) is -2.18. The quantitative estimate of drug-likeness (QED) is 0.252. The van der Waals surface area contributed by atoms with Gasteiger partial charge in [-0.25, -0.2) is 0 Å². The van der Waals surface area contributed by atoms with Crippen molar-refractivity contribution in [1.82, 2.24) is 0 Å². The zero-order valence-corrected chi connectivity index (χ0v) is 22.8. The van der Waals surface area contributed by atoms with Gasteiger partial charge in [-0.2, -0.15) is 0 Å². The van der Waals surface area contributed by atoms with Crippen LogP contribution in [-0.2, 0) is 0 Å². The number of aromatic carboxylic acids is 6. The van der Waals surface area contributed by atoms with E-state index in [0.29, 0.717) is 0 Å². The molecule has 3 aromatic carbocycles. The SMILES string of the molecule is C[Si+3].C[Si+3].O=C([O-])c1ccccc1C(=O)[O-].O=C([O-])c1ccccc1C(=O)[O-].O=C([O-])c1ccccc1C(=O)[O-]. The van der Waals surface area contributed by atoms with Crippen LogP contribution < -0.4 is 30.6 Å². The van der Waals surface area contributed by atoms with Gasteiger partial charge in [0, 0.05) is 33.4 Å². The van der Waals surface area contributed by atoms with Crippen LogP contribution in [0.3, 0.4) is 0 Å². The molecule has 0 aromatic heterocycles. The van der Waals surface area contributed by atoms with E-state index >= 15 is 0 Å². The molecule has 0 spiro atoms. The van der Waals surface area contributed by atoms with Crippen molar-refractivity contribution in [2.24, 2.45) is 0 Å². The molecule has 3 aromatic rings. The van der Waals surface area contributed by atoms with Crippen LogP contribution in [0.2, 0.25) is 13.1 Å². The molecule has 0 atom stereocenters. The van der Waals surface area contributed by atoms with Crippen molar-refractivity contribution in [3.05, 3.63) is 106 Å². The van der Waals surface area contributed by atoms with Gasteiger partial charge < -0.3 is 59.4 Å². The fourth-order valence-corrected chi connectivity index (χ4v) is 2.52. The molecule has 0 aliphatic carbocycles. The molecule has 3 rings (SSSR count). The molecule has 12 nitrogen and oxygen atoms in total. The van der Waals surface area contributed by atoms with Crippen LogP contribution in [0, 0.1) is 0 Å². The van der Waals surface area contributed by atoms with E-state index in [4.69, 9.17) is 0 Å². The first-order valence-electron chi connectivity index (χ1n) is 10.4. The Morgan fingerprint density at radius 1 is 0.350 bits per heavy atom. The molecule has 0 aliphatic rings. The maximum atomic E-state index is 10.3. The zero-order chi connectivity index (χ0) is 31.4. The number of carboxylic acids is 6. The predicted molar refractivity (Wildman–Crippen MR) is 129 cm³/mol. The largest absolute Gasteiger partial charge is 0.545 e. The summed E-state index contributed by atoms with van der Waals surface area (Å²) in [5, 5.41) is 61.9. The van der Waals surface area contributed by atoms with E-state index in [1.165, 1.54) is 36.4 Å². The van der Waals surface area contributed by atoms with Crippen molar-refractivity contribution < 1.29 is 59.4 Å². The topological polar surface area (TPSA) is 241 Å². The molecular weight excluding hydrogens is 560 g/mol. The summed E-state index contributed by atoms with van der Waals surface area (Å²) in [6, 6.07) is 15.4. The normalized spacial score (nSPS) is 8.75. The summed E-state index contributed by atoms with van der Waals surface area (Å²) in [7, 11) is 5.94. The standard InChI is InChI=1S/3C8H6O4.2CH3Si/c3*9-7(10)5-3-1-2-4-6(5)8(11)12;2*1-2/h3*1-4H,(H,9,10)(H,11,12);2*1H3/q;;;2*+3/p-6. The minimum absolute atomic E-state index is 0.363. The molecule has 0 saturated heterocycles. The Hall–Kier alpha value is -5.09. The average Bonchev–Trinajstić information content (AvgIpc) is 2.95. The monoisotopic (exact) mass is 578 g/mol. The Morgan fingerprint density at radius 3 is 0.525 bits per heavy atom. The summed E-state index contributed by atoms with van der Waals surface area (Å²) in [4.78, 5) is 61.9. The van der Waals surface area contributed by atoms with E-state index < -0.39 is 35.8 Å². The molecule has 0 unspecified atom stereocenters. The number of hydrogen-bond acceptors (Lipinski definition) is 12. The predicted octanol–water partition coefficient (Wildman–Crippen LogP) is -4.35. The Bertz CT molecular complexity index is 1060.